The SMILES string of the molecule is [2H]c1c([2H])c([2H])c(-c2cccc3oc4cc(-n5c6ccccc6c6cc(-c7ccc8c(c7)c7ccccc7n8-c7ccc8sc9ccccc9c8c7)ccc65)ccc4c23)c([2H])c1[2H]. The molecule has 0 bridgehead atoms. The molecule has 13 rings (SSSR count). The molecular formula is C54H32N2OS. The molecule has 0 aliphatic rings. The van der Waals surface area contributed by atoms with Gasteiger partial charge in [0.15, 0.2) is 0 Å². The Morgan fingerprint density at radius 2 is 1.00 bits per heavy atom. The Hall–Kier alpha value is -7.40. The van der Waals surface area contributed by atoms with Gasteiger partial charge in [0.1, 0.15) is 11.2 Å². The maximum absolute atomic E-state index is 8.69. The summed E-state index contributed by atoms with van der Waals surface area (Å²) in [4.78, 5) is 0. The molecular weight excluding hydrogens is 725 g/mol. The van der Waals surface area contributed by atoms with E-state index in [0.29, 0.717) is 22.1 Å². The Morgan fingerprint density at radius 3 is 1.72 bits per heavy atom. The van der Waals surface area contributed by atoms with Crippen LogP contribution in [0.1, 0.15) is 6.85 Å². The number of furan rings is 1. The lowest BCUT2D eigenvalue weighted by atomic mass is 9.99. The maximum Gasteiger partial charge on any atom is 0.137 e. The summed E-state index contributed by atoms with van der Waals surface area (Å²) in [6, 6.07) is 56.1. The van der Waals surface area contributed by atoms with Gasteiger partial charge in [0, 0.05) is 69.9 Å². The van der Waals surface area contributed by atoms with E-state index in [1.165, 1.54) is 36.5 Å². The summed E-state index contributed by atoms with van der Waals surface area (Å²) >= 11 is 1.84. The van der Waals surface area contributed by atoms with Crippen molar-refractivity contribution in [2.75, 3.05) is 0 Å². The average Bonchev–Trinajstić information content (AvgIpc) is 4.07. The number of para-hydroxylation sites is 2. The molecule has 4 aromatic heterocycles. The topological polar surface area (TPSA) is 23.0 Å². The fraction of sp³-hybridized carbons (Fsp3) is 0. The van der Waals surface area contributed by atoms with E-state index >= 15 is 0 Å². The highest BCUT2D eigenvalue weighted by Gasteiger charge is 2.19. The first-order chi connectivity index (χ1) is 30.8. The van der Waals surface area contributed by atoms with Crippen LogP contribution in [0.15, 0.2) is 198 Å². The number of hydrogen-bond donors (Lipinski definition) is 0. The lowest BCUT2D eigenvalue weighted by Crippen LogP contribution is -1.93. The number of thiophene rings is 1. The predicted octanol–water partition coefficient (Wildman–Crippen LogP) is 15.5. The zero-order valence-corrected chi connectivity index (χ0v) is 31.6. The van der Waals surface area contributed by atoms with Crippen LogP contribution in [-0.4, -0.2) is 9.13 Å². The van der Waals surface area contributed by atoms with Gasteiger partial charge in [0.05, 0.1) is 28.9 Å². The summed E-state index contributed by atoms with van der Waals surface area (Å²) in [5.41, 5.74) is 10.7. The molecule has 4 heteroatoms. The van der Waals surface area contributed by atoms with Crippen LogP contribution in [0, 0.1) is 0 Å². The first-order valence-corrected chi connectivity index (χ1v) is 20.2. The molecule has 270 valence electrons. The van der Waals surface area contributed by atoms with Crippen LogP contribution in [0.5, 0.6) is 0 Å². The lowest BCUT2D eigenvalue weighted by Gasteiger charge is -2.10. The van der Waals surface area contributed by atoms with E-state index in [4.69, 9.17) is 11.3 Å². The molecule has 3 nitrogen and oxygen atoms in total. The second-order valence-electron chi connectivity index (χ2n) is 14.9. The Kier molecular flexibility index (Phi) is 5.66. The molecule has 0 atom stereocenters. The van der Waals surface area contributed by atoms with Crippen molar-refractivity contribution in [1.82, 2.24) is 9.13 Å². The molecule has 0 amide bonds. The number of fused-ring (bicyclic) bond motifs is 12. The summed E-state index contributed by atoms with van der Waals surface area (Å²) in [5, 5.41) is 8.77. The minimum Gasteiger partial charge on any atom is -0.456 e. The van der Waals surface area contributed by atoms with Crippen molar-refractivity contribution in [3.8, 4) is 33.6 Å². The Bertz CT molecular complexity index is 4090. The molecule has 0 N–H and O–H groups in total. The van der Waals surface area contributed by atoms with E-state index in [1.54, 1.807) is 12.1 Å². The van der Waals surface area contributed by atoms with Crippen LogP contribution in [0.3, 0.4) is 0 Å². The molecule has 4 heterocycles. The van der Waals surface area contributed by atoms with Crippen molar-refractivity contribution >= 4 is 97.1 Å². The van der Waals surface area contributed by atoms with Gasteiger partial charge in [-0.25, -0.2) is 0 Å². The molecule has 0 fully saturated rings. The van der Waals surface area contributed by atoms with Gasteiger partial charge < -0.3 is 13.6 Å². The number of hydrogen-bond acceptors (Lipinski definition) is 2. The van der Waals surface area contributed by atoms with Gasteiger partial charge in [0.25, 0.3) is 0 Å². The molecule has 13 aromatic rings. The summed E-state index contributed by atoms with van der Waals surface area (Å²) in [6.45, 7) is 0. The second-order valence-corrected chi connectivity index (χ2v) is 16.0. The summed E-state index contributed by atoms with van der Waals surface area (Å²) < 4.78 is 55.9. The third-order valence-electron chi connectivity index (χ3n) is 11.8. The van der Waals surface area contributed by atoms with Crippen molar-refractivity contribution < 1.29 is 11.3 Å². The normalized spacial score (nSPS) is 13.3. The molecule has 9 aromatic carbocycles. The van der Waals surface area contributed by atoms with Crippen LogP contribution in [-0.2, 0) is 0 Å². The van der Waals surface area contributed by atoms with Crippen LogP contribution in [0.25, 0.3) is 119 Å². The van der Waals surface area contributed by atoms with Crippen LogP contribution < -0.4 is 0 Å². The quantitative estimate of drug-likeness (QED) is 0.175. The highest BCUT2D eigenvalue weighted by molar-refractivity contribution is 7.25. The highest BCUT2D eigenvalue weighted by atomic mass is 32.1. The van der Waals surface area contributed by atoms with Gasteiger partial charge in [-0.1, -0.05) is 109 Å². The molecule has 0 unspecified atom stereocenters. The molecule has 0 radical (unpaired) electrons. The molecule has 58 heavy (non-hydrogen) atoms. The van der Waals surface area contributed by atoms with Gasteiger partial charge in [0.2, 0.25) is 0 Å². The molecule has 0 spiro atoms. The molecule has 0 aliphatic carbocycles. The monoisotopic (exact) mass is 761 g/mol. The number of nitrogens with zero attached hydrogens (tertiary/aromatic N) is 2. The van der Waals surface area contributed by atoms with Crippen molar-refractivity contribution in [2.45, 2.75) is 0 Å². The first-order valence-electron chi connectivity index (χ1n) is 21.8. The maximum atomic E-state index is 8.69. The van der Waals surface area contributed by atoms with Crippen LogP contribution in [0.4, 0.5) is 0 Å². The number of rotatable bonds is 4. The summed E-state index contributed by atoms with van der Waals surface area (Å²) in [7, 11) is 0. The van der Waals surface area contributed by atoms with Crippen molar-refractivity contribution in [3.05, 3.63) is 194 Å². The fourth-order valence-corrected chi connectivity index (χ4v) is 10.3. The van der Waals surface area contributed by atoms with Crippen molar-refractivity contribution in [1.29, 1.82) is 0 Å². The first kappa shape index (κ1) is 27.2. The van der Waals surface area contributed by atoms with Gasteiger partial charge in [-0.2, -0.15) is 0 Å². The third-order valence-corrected chi connectivity index (χ3v) is 13.0. The Labute approximate surface area is 343 Å². The van der Waals surface area contributed by atoms with Gasteiger partial charge in [-0.3, -0.25) is 0 Å². The van der Waals surface area contributed by atoms with Crippen molar-refractivity contribution in [3.63, 3.8) is 0 Å². The molecule has 0 saturated carbocycles. The third kappa shape index (κ3) is 4.55. The lowest BCUT2D eigenvalue weighted by molar-refractivity contribution is 0.668. The standard InChI is InChI=1S/C54H32N2OS/c1-2-11-33(12-3-1)38-16-10-19-50-54(38)42-25-23-37(32-51(42)57-50)56-47-18-8-5-14-40(47)44-30-35(22-27-49(44)56)34-21-26-48-43(29-34)39-13-4-7-17-46(39)55(48)36-24-28-53-45(31-36)41-15-6-9-20-52(41)58-53/h1-32H/i1D,2D,3D,11D,12D. The second kappa shape index (κ2) is 12.1. The van der Waals surface area contributed by atoms with E-state index in [0.717, 1.165) is 55.2 Å². The minimum atomic E-state index is -0.414. The highest BCUT2D eigenvalue weighted by Crippen LogP contribution is 2.42. The Balaban J connectivity index is 0.946. The smallest absolute Gasteiger partial charge is 0.137 e. The largest absolute Gasteiger partial charge is 0.456 e. The zero-order valence-electron chi connectivity index (χ0n) is 35.8. The fourth-order valence-electron chi connectivity index (χ4n) is 9.26. The predicted molar refractivity (Wildman–Crippen MR) is 246 cm³/mol. The average molecular weight is 762 g/mol. The van der Waals surface area contributed by atoms with E-state index in [1.807, 2.05) is 29.5 Å². The van der Waals surface area contributed by atoms with Gasteiger partial charge in [-0.05, 0) is 101 Å². The summed E-state index contributed by atoms with van der Waals surface area (Å²) in [6.07, 6.45) is 0. The van der Waals surface area contributed by atoms with E-state index in [-0.39, 0.29) is 29.7 Å². The van der Waals surface area contributed by atoms with Crippen LogP contribution in [0.2, 0.25) is 0 Å². The number of benzene rings is 9. The Morgan fingerprint density at radius 1 is 0.397 bits per heavy atom. The van der Waals surface area contributed by atoms with E-state index < -0.39 is 6.04 Å². The van der Waals surface area contributed by atoms with Gasteiger partial charge >= 0.3 is 0 Å². The minimum absolute atomic E-state index is 0.159. The van der Waals surface area contributed by atoms with Gasteiger partial charge in [-0.15, -0.1) is 11.3 Å². The van der Waals surface area contributed by atoms with E-state index in [2.05, 4.69) is 143 Å². The van der Waals surface area contributed by atoms with E-state index in [9.17, 15) is 0 Å². The molecule has 0 aliphatic heterocycles. The number of aromatic nitrogens is 2. The molecule has 0 saturated heterocycles. The van der Waals surface area contributed by atoms with Crippen molar-refractivity contribution in [2.24, 2.45) is 0 Å². The summed E-state index contributed by atoms with van der Waals surface area (Å²) in [5.74, 6) is 0. The van der Waals surface area contributed by atoms with Crippen LogP contribution >= 0.6 is 11.3 Å². The zero-order chi connectivity index (χ0) is 42.2.